The van der Waals surface area contributed by atoms with Crippen LogP contribution in [0.25, 0.3) is 0 Å². The number of sulfonamides is 1. The zero-order valence-electron chi connectivity index (χ0n) is 16.4. The molecule has 0 aliphatic heterocycles. The van der Waals surface area contributed by atoms with E-state index in [-0.39, 0.29) is 28.7 Å². The van der Waals surface area contributed by atoms with Gasteiger partial charge in [0.05, 0.1) is 7.11 Å². The third-order valence-electron chi connectivity index (χ3n) is 4.05. The second-order valence-corrected chi connectivity index (χ2v) is 8.29. The van der Waals surface area contributed by atoms with E-state index >= 15 is 0 Å². The molecular formula is C20H25ClN2O5S. The average molecular weight is 441 g/mol. The zero-order chi connectivity index (χ0) is 21.3. The Labute approximate surface area is 176 Å². The topological polar surface area (TPSA) is 93.7 Å². The van der Waals surface area contributed by atoms with E-state index < -0.39 is 10.0 Å². The van der Waals surface area contributed by atoms with Gasteiger partial charge in [-0.15, -0.1) is 0 Å². The number of amides is 1. The molecule has 7 nitrogen and oxygen atoms in total. The molecule has 0 bridgehead atoms. The fourth-order valence-corrected chi connectivity index (χ4v) is 3.85. The predicted molar refractivity (Wildman–Crippen MR) is 112 cm³/mol. The second-order valence-electron chi connectivity index (χ2n) is 6.12. The molecule has 2 N–H and O–H groups in total. The maximum absolute atomic E-state index is 12.8. The van der Waals surface area contributed by atoms with Crippen LogP contribution in [0.3, 0.4) is 0 Å². The molecule has 158 valence electrons. The highest BCUT2D eigenvalue weighted by Gasteiger charge is 2.21. The van der Waals surface area contributed by atoms with Gasteiger partial charge in [0, 0.05) is 36.9 Å². The number of methoxy groups -OCH3 is 1. The first kappa shape index (κ1) is 23.2. The Bertz CT molecular complexity index is 917. The quantitative estimate of drug-likeness (QED) is 0.524. The number of ether oxygens (including phenoxy) is 2. The number of rotatable bonds is 11. The van der Waals surface area contributed by atoms with Crippen LogP contribution in [0.15, 0.2) is 47.4 Å². The standard InChI is InChI=1S/C20H25ClN2O5S/c1-3-28-12-4-11-22-20(24)16-7-10-18(27-2)19(13-16)29(25,26)23-14-15-5-8-17(21)9-6-15/h5-10,13,23H,3-4,11-12,14H2,1-2H3,(H,22,24). The first-order chi connectivity index (χ1) is 13.9. The largest absolute Gasteiger partial charge is 0.495 e. The van der Waals surface area contributed by atoms with E-state index in [2.05, 4.69) is 10.0 Å². The molecule has 0 radical (unpaired) electrons. The van der Waals surface area contributed by atoms with Gasteiger partial charge in [-0.2, -0.15) is 0 Å². The molecule has 0 aromatic heterocycles. The Kier molecular flexibility index (Phi) is 8.91. The number of carbonyl (C=O) groups is 1. The monoisotopic (exact) mass is 440 g/mol. The molecule has 2 aromatic rings. The molecule has 0 unspecified atom stereocenters. The summed E-state index contributed by atoms with van der Waals surface area (Å²) in [5.41, 5.74) is 0.981. The first-order valence-electron chi connectivity index (χ1n) is 9.15. The van der Waals surface area contributed by atoms with E-state index in [0.717, 1.165) is 5.56 Å². The number of nitrogens with one attached hydrogen (secondary N) is 2. The Morgan fingerprint density at radius 1 is 1.14 bits per heavy atom. The van der Waals surface area contributed by atoms with Crippen molar-refractivity contribution in [2.24, 2.45) is 0 Å². The molecule has 0 fully saturated rings. The number of hydrogen-bond donors (Lipinski definition) is 2. The van der Waals surface area contributed by atoms with Gasteiger partial charge in [-0.1, -0.05) is 23.7 Å². The summed E-state index contributed by atoms with van der Waals surface area (Å²) < 4.78 is 38.5. The predicted octanol–water partition coefficient (Wildman–Crippen LogP) is 2.98. The lowest BCUT2D eigenvalue weighted by atomic mass is 10.2. The van der Waals surface area contributed by atoms with Crippen molar-refractivity contribution in [3.8, 4) is 5.75 Å². The third-order valence-corrected chi connectivity index (χ3v) is 5.72. The number of halogens is 1. The minimum Gasteiger partial charge on any atom is -0.495 e. The van der Waals surface area contributed by atoms with Gasteiger partial charge in [-0.25, -0.2) is 13.1 Å². The maximum Gasteiger partial charge on any atom is 0.251 e. The van der Waals surface area contributed by atoms with Crippen molar-refractivity contribution in [3.05, 3.63) is 58.6 Å². The fourth-order valence-electron chi connectivity index (χ4n) is 2.51. The van der Waals surface area contributed by atoms with Gasteiger partial charge in [0.1, 0.15) is 10.6 Å². The first-order valence-corrected chi connectivity index (χ1v) is 11.0. The van der Waals surface area contributed by atoms with Crippen molar-refractivity contribution in [1.82, 2.24) is 10.0 Å². The zero-order valence-corrected chi connectivity index (χ0v) is 18.0. The highest BCUT2D eigenvalue weighted by Crippen LogP contribution is 2.25. The highest BCUT2D eigenvalue weighted by molar-refractivity contribution is 7.89. The molecule has 0 spiro atoms. The van der Waals surface area contributed by atoms with Gasteiger partial charge in [0.25, 0.3) is 5.91 Å². The normalized spacial score (nSPS) is 11.3. The van der Waals surface area contributed by atoms with E-state index in [1.807, 2.05) is 6.92 Å². The van der Waals surface area contributed by atoms with Crippen LogP contribution in [0.4, 0.5) is 0 Å². The summed E-state index contributed by atoms with van der Waals surface area (Å²) in [6.45, 7) is 3.58. The molecule has 9 heteroatoms. The van der Waals surface area contributed by atoms with Crippen molar-refractivity contribution in [1.29, 1.82) is 0 Å². The molecule has 0 atom stereocenters. The van der Waals surface area contributed by atoms with Crippen LogP contribution in [-0.2, 0) is 21.3 Å². The van der Waals surface area contributed by atoms with E-state index in [0.29, 0.717) is 31.2 Å². The fraction of sp³-hybridized carbons (Fsp3) is 0.350. The Morgan fingerprint density at radius 3 is 2.52 bits per heavy atom. The van der Waals surface area contributed by atoms with Crippen molar-refractivity contribution in [2.45, 2.75) is 24.8 Å². The molecule has 29 heavy (non-hydrogen) atoms. The summed E-state index contributed by atoms with van der Waals surface area (Å²) in [5, 5.41) is 3.32. The van der Waals surface area contributed by atoms with Crippen molar-refractivity contribution < 1.29 is 22.7 Å². The molecule has 2 rings (SSSR count). The van der Waals surface area contributed by atoms with Gasteiger partial charge >= 0.3 is 0 Å². The summed E-state index contributed by atoms with van der Waals surface area (Å²) in [4.78, 5) is 12.2. The van der Waals surface area contributed by atoms with E-state index in [1.54, 1.807) is 24.3 Å². The van der Waals surface area contributed by atoms with E-state index in [1.165, 1.54) is 25.3 Å². The van der Waals surface area contributed by atoms with Gasteiger partial charge in [0.15, 0.2) is 0 Å². The highest BCUT2D eigenvalue weighted by atomic mass is 35.5. The summed E-state index contributed by atoms with van der Waals surface area (Å²) >= 11 is 5.85. The number of carbonyl (C=O) groups excluding carboxylic acids is 1. The molecule has 0 heterocycles. The van der Waals surface area contributed by atoms with Crippen LogP contribution in [0, 0.1) is 0 Å². The lowest BCUT2D eigenvalue weighted by Crippen LogP contribution is -2.27. The van der Waals surface area contributed by atoms with Crippen LogP contribution in [0.5, 0.6) is 5.75 Å². The molecule has 2 aromatic carbocycles. The molecule has 0 aliphatic rings. The summed E-state index contributed by atoms with van der Waals surface area (Å²) in [7, 11) is -2.53. The Morgan fingerprint density at radius 2 is 1.86 bits per heavy atom. The summed E-state index contributed by atoms with van der Waals surface area (Å²) in [6.07, 6.45) is 0.670. The SMILES string of the molecule is CCOCCCNC(=O)c1ccc(OC)c(S(=O)(=O)NCc2ccc(Cl)cc2)c1. The third kappa shape index (κ3) is 7.01. The lowest BCUT2D eigenvalue weighted by molar-refractivity contribution is 0.0944. The van der Waals surface area contributed by atoms with Crippen LogP contribution >= 0.6 is 11.6 Å². The minimum absolute atomic E-state index is 0.0799. The Hall–Kier alpha value is -2.13. The number of benzene rings is 2. The summed E-state index contributed by atoms with van der Waals surface area (Å²) in [6, 6.07) is 11.1. The molecular weight excluding hydrogens is 416 g/mol. The maximum atomic E-state index is 12.8. The Balaban J connectivity index is 2.11. The average Bonchev–Trinajstić information content (AvgIpc) is 2.72. The van der Waals surface area contributed by atoms with Gasteiger partial charge < -0.3 is 14.8 Å². The summed E-state index contributed by atoms with van der Waals surface area (Å²) in [5.74, 6) is -0.209. The van der Waals surface area contributed by atoms with Crippen LogP contribution in [-0.4, -0.2) is 41.2 Å². The van der Waals surface area contributed by atoms with Gasteiger partial charge in [-0.05, 0) is 49.2 Å². The van der Waals surface area contributed by atoms with E-state index in [9.17, 15) is 13.2 Å². The number of hydrogen-bond acceptors (Lipinski definition) is 5. The van der Waals surface area contributed by atoms with Crippen LogP contribution < -0.4 is 14.8 Å². The van der Waals surface area contributed by atoms with Crippen LogP contribution in [0.1, 0.15) is 29.3 Å². The smallest absolute Gasteiger partial charge is 0.251 e. The second kappa shape index (κ2) is 11.2. The molecule has 0 saturated heterocycles. The van der Waals surface area contributed by atoms with Crippen LogP contribution in [0.2, 0.25) is 5.02 Å². The van der Waals surface area contributed by atoms with Crippen molar-refractivity contribution >= 4 is 27.5 Å². The van der Waals surface area contributed by atoms with Gasteiger partial charge in [0.2, 0.25) is 10.0 Å². The molecule has 1 amide bonds. The molecule has 0 saturated carbocycles. The molecule has 0 aliphatic carbocycles. The van der Waals surface area contributed by atoms with E-state index in [4.69, 9.17) is 21.1 Å². The lowest BCUT2D eigenvalue weighted by Gasteiger charge is -2.13. The van der Waals surface area contributed by atoms with Gasteiger partial charge in [-0.3, -0.25) is 4.79 Å². The van der Waals surface area contributed by atoms with Crippen molar-refractivity contribution in [3.63, 3.8) is 0 Å². The minimum atomic E-state index is -3.91. The van der Waals surface area contributed by atoms with Crippen molar-refractivity contribution in [2.75, 3.05) is 26.9 Å².